The number of H-pyrrole nitrogens is 2. The van der Waals surface area contributed by atoms with Crippen LogP contribution in [0.15, 0.2) is 67.4 Å². The molecule has 4 amide bonds. The number of carbonyl (C=O) groups excluding carboxylic acids is 4. The fourth-order valence-corrected chi connectivity index (χ4v) is 10.8. The number of nitrogens with zero attached hydrogens (tertiary/aromatic N) is 7. The third-order valence-corrected chi connectivity index (χ3v) is 14.3. The van der Waals surface area contributed by atoms with Crippen molar-refractivity contribution in [3.8, 4) is 39.5 Å². The minimum absolute atomic E-state index is 0. The van der Waals surface area contributed by atoms with E-state index in [1.165, 1.54) is 31.6 Å². The largest absolute Gasteiger partial charge is 0.464 e. The van der Waals surface area contributed by atoms with Crippen molar-refractivity contribution in [1.29, 1.82) is 0 Å². The zero-order chi connectivity index (χ0) is 47.5. The molecule has 0 spiro atoms. The molecule has 3 aliphatic rings. The number of benzene rings is 2. The molecule has 0 aliphatic carbocycles. The highest BCUT2D eigenvalue weighted by atomic mass is 32.1. The Hall–Kier alpha value is -5.82. The minimum Gasteiger partial charge on any atom is -0.464 e. The summed E-state index contributed by atoms with van der Waals surface area (Å²) in [4.78, 5) is 77.8. The van der Waals surface area contributed by atoms with E-state index in [9.17, 15) is 19.2 Å². The van der Waals surface area contributed by atoms with Crippen molar-refractivity contribution in [2.75, 3.05) is 27.3 Å². The third kappa shape index (κ3) is 10.1. The molecule has 2 saturated heterocycles. The van der Waals surface area contributed by atoms with Crippen LogP contribution in [-0.2, 0) is 19.1 Å². The van der Waals surface area contributed by atoms with Gasteiger partial charge in [-0.3, -0.25) is 18.6 Å². The van der Waals surface area contributed by atoms with E-state index in [0.717, 1.165) is 44.8 Å². The number of aromatic amines is 2. The van der Waals surface area contributed by atoms with E-state index in [2.05, 4.69) is 25.6 Å². The number of thiazole rings is 1. The van der Waals surface area contributed by atoms with E-state index in [4.69, 9.17) is 24.2 Å². The second-order valence-corrected chi connectivity index (χ2v) is 19.2. The van der Waals surface area contributed by atoms with Gasteiger partial charge in [0.25, 0.3) is 0 Å². The minimum atomic E-state index is -0.778. The van der Waals surface area contributed by atoms with Crippen molar-refractivity contribution in [3.05, 3.63) is 89.7 Å². The predicted octanol–water partition coefficient (Wildman–Crippen LogP) is 8.42. The average molecular weight is 1080 g/mol. The number of rotatable bonds is 11. The first kappa shape index (κ1) is 55.5. The van der Waals surface area contributed by atoms with Crippen LogP contribution < -0.4 is 15.4 Å². The average Bonchev–Trinajstić information content (AvgIpc) is 4.18. The second-order valence-electron chi connectivity index (χ2n) is 18.2. The van der Waals surface area contributed by atoms with Gasteiger partial charge in [0.1, 0.15) is 35.3 Å². The van der Waals surface area contributed by atoms with E-state index in [0.29, 0.717) is 65.8 Å². The lowest BCUT2D eigenvalue weighted by Gasteiger charge is -2.30. The number of likely N-dealkylation sites (tertiary alicyclic amines) is 2. The number of amides is 4. The molecule has 7 aromatic rings. The van der Waals surface area contributed by atoms with Gasteiger partial charge in [-0.25, -0.2) is 28.9 Å². The molecule has 24 heteroatoms. The fourth-order valence-electron chi connectivity index (χ4n) is 9.84. The normalized spacial score (nSPS) is 17.7. The third-order valence-electron chi connectivity index (χ3n) is 13.3. The molecule has 72 heavy (non-hydrogen) atoms. The van der Waals surface area contributed by atoms with E-state index >= 15 is 4.39 Å². The molecule has 5 atom stereocenters. The molecule has 1 unspecified atom stereocenters. The van der Waals surface area contributed by atoms with Gasteiger partial charge in [-0.1, -0.05) is 45.1 Å². The number of imidazole rings is 3. The van der Waals surface area contributed by atoms with Crippen molar-refractivity contribution in [2.45, 2.75) is 83.8 Å². The van der Waals surface area contributed by atoms with Crippen LogP contribution in [0.4, 0.5) is 14.0 Å². The number of hydrogen-bond donors (Lipinski definition) is 4. The van der Waals surface area contributed by atoms with Gasteiger partial charge in [0.15, 0.2) is 4.96 Å². The molecule has 18 nitrogen and oxygen atoms in total. The van der Waals surface area contributed by atoms with Crippen molar-refractivity contribution in [3.63, 3.8) is 0 Å². The number of aromatic nitrogens is 7. The van der Waals surface area contributed by atoms with E-state index < -0.39 is 36.3 Å². The van der Waals surface area contributed by atoms with Crippen LogP contribution in [0.3, 0.4) is 0 Å². The van der Waals surface area contributed by atoms with Crippen LogP contribution in [0.2, 0.25) is 0 Å². The maximum atomic E-state index is 16.9. The molecule has 8 heterocycles. The molecule has 3 aliphatic heterocycles. The molecule has 0 radical (unpaired) electrons. The first-order valence-corrected chi connectivity index (χ1v) is 23.6. The molecule has 0 bridgehead atoms. The highest BCUT2D eigenvalue weighted by molar-refractivity contribution is 7.59. The smallest absolute Gasteiger partial charge is 0.407 e. The molecule has 2 fully saturated rings. The van der Waals surface area contributed by atoms with Crippen LogP contribution in [0.1, 0.15) is 88.2 Å². The lowest BCUT2D eigenvalue weighted by molar-refractivity contribution is -0.136. The zero-order valence-electron chi connectivity index (χ0n) is 40.4. The number of hydrogen-bond acceptors (Lipinski definition) is 11. The van der Waals surface area contributed by atoms with Gasteiger partial charge in [-0.15, -0.1) is 0 Å². The van der Waals surface area contributed by atoms with Gasteiger partial charge in [0, 0.05) is 48.2 Å². The first-order valence-electron chi connectivity index (χ1n) is 22.8. The summed E-state index contributed by atoms with van der Waals surface area (Å²) in [6.45, 7) is 8.53. The first-order chi connectivity index (χ1) is 32.8. The maximum Gasteiger partial charge on any atom is 0.407 e. The number of ether oxygens (including phenoxy) is 3. The van der Waals surface area contributed by atoms with Gasteiger partial charge in [-0.2, -0.15) is 54.0 Å². The summed E-state index contributed by atoms with van der Waals surface area (Å²) in [5.41, 5.74) is 4.45. The molecule has 2 aromatic carbocycles. The number of halogens is 1. The molecular weight excluding hydrogens is 1020 g/mol. The monoisotopic (exact) mass is 1080 g/mol. The number of alkyl carbamates (subject to hydrolysis) is 2. The standard InChI is InChI=1S/C48H52FN11O7S.4H2S/c1-24(2)39(55-47(63)65-5)43(61)58-14-7-9-33(58)41-51-21-30(53-41)26-11-12-32-28(17-26)19-35-38-29(49)18-27(20-36(38)67-45(60(32)35)37-23-57-16-13-50-46(57)68-37)31-22-52-42(54-31)34-10-8-15-59(34)44(62)40(25(3)4)56-48(64)66-6;;;;/h11-13,16-25,33-34,39-40,45H,7-10,14-15H2,1-6H3,(H,51,53)(H,52,54)(H,55,63)(H,56,64);4*1H2/t33-,34-,39-,40-,45?;;;;/m0..../s1. The topological polar surface area (TPSA) is 206 Å². The number of methoxy groups -OCH3 is 2. The number of carbonyl (C=O) groups is 4. The van der Waals surface area contributed by atoms with Gasteiger partial charge < -0.3 is 44.6 Å². The Kier molecular flexibility index (Phi) is 17.4. The molecule has 0 saturated carbocycles. The maximum absolute atomic E-state index is 16.9. The summed E-state index contributed by atoms with van der Waals surface area (Å²) >= 11 is 1.48. The van der Waals surface area contributed by atoms with Crippen LogP contribution in [0, 0.1) is 17.7 Å². The van der Waals surface area contributed by atoms with E-state index in [1.807, 2.05) is 79.4 Å². The molecule has 386 valence electrons. The molecular formula is C48H60FN11O7S5. The fraction of sp³-hybridized carbons (Fsp3) is 0.396. The van der Waals surface area contributed by atoms with Crippen molar-refractivity contribution >= 4 is 105 Å². The van der Waals surface area contributed by atoms with Crippen molar-refractivity contribution < 1.29 is 37.8 Å². The SMILES string of the molecule is COC(=O)N[C@H](C(=O)N1CCC[C@H]1c1ncc(-c2cc(F)c3c(c2)OC(c2cn4ccnc4s2)n2c-3cc3cc(-c4cnc([C@@H]5CCCN5C(=O)[C@@H](NC(=O)OC)C(C)C)[nH]4)ccc32)[nH]1)C(C)C.S.S.S.S. The molecule has 5 aromatic heterocycles. The van der Waals surface area contributed by atoms with Gasteiger partial charge in [-0.05, 0) is 67.9 Å². The quantitative estimate of drug-likeness (QED) is 0.0973. The Labute approximate surface area is 447 Å². The number of fused-ring (bicyclic) bond motifs is 6. The van der Waals surface area contributed by atoms with Gasteiger partial charge >= 0.3 is 12.2 Å². The van der Waals surface area contributed by atoms with E-state index in [1.54, 1.807) is 28.4 Å². The summed E-state index contributed by atoms with van der Waals surface area (Å²) in [7, 11) is 2.54. The molecule has 10 rings (SSSR count). The summed E-state index contributed by atoms with van der Waals surface area (Å²) in [5.74, 6) is 0.327. The summed E-state index contributed by atoms with van der Waals surface area (Å²) in [6.07, 6.45) is 9.92. The lowest BCUT2D eigenvalue weighted by Crippen LogP contribution is -2.51. The van der Waals surface area contributed by atoms with Crippen LogP contribution in [0.5, 0.6) is 5.75 Å². The Morgan fingerprint density at radius 2 is 1.35 bits per heavy atom. The number of nitrogens with one attached hydrogen (secondary N) is 4. The lowest BCUT2D eigenvalue weighted by atomic mass is 10.0. The Morgan fingerprint density at radius 3 is 1.89 bits per heavy atom. The summed E-state index contributed by atoms with van der Waals surface area (Å²) in [5, 5.41) is 6.23. The highest BCUT2D eigenvalue weighted by Crippen LogP contribution is 2.48. The summed E-state index contributed by atoms with van der Waals surface area (Å²) < 4.78 is 37.3. The van der Waals surface area contributed by atoms with Crippen LogP contribution in [0.25, 0.3) is 49.6 Å². The van der Waals surface area contributed by atoms with Gasteiger partial charge in [0.2, 0.25) is 18.0 Å². The van der Waals surface area contributed by atoms with Crippen molar-refractivity contribution in [1.82, 2.24) is 54.3 Å². The Bertz CT molecular complexity index is 3070. The highest BCUT2D eigenvalue weighted by Gasteiger charge is 2.40. The van der Waals surface area contributed by atoms with Gasteiger partial charge in [0.05, 0.1) is 71.7 Å². The predicted molar refractivity (Wildman–Crippen MR) is 292 cm³/mol. The Morgan fingerprint density at radius 1 is 0.778 bits per heavy atom. The second kappa shape index (κ2) is 22.5. The Balaban J connectivity index is 0.00000212. The van der Waals surface area contributed by atoms with Crippen molar-refractivity contribution in [2.24, 2.45) is 11.8 Å². The zero-order valence-corrected chi connectivity index (χ0v) is 45.2. The van der Waals surface area contributed by atoms with Crippen LogP contribution >= 0.6 is 65.3 Å². The van der Waals surface area contributed by atoms with Crippen LogP contribution in [-0.4, -0.2) is 107 Å². The molecule has 4 N–H and O–H groups in total. The van der Waals surface area contributed by atoms with E-state index in [-0.39, 0.29) is 89.7 Å². The summed E-state index contributed by atoms with van der Waals surface area (Å²) in [6, 6.07) is 9.09.